The first-order chi connectivity index (χ1) is 5.70. The highest BCUT2D eigenvalue weighted by molar-refractivity contribution is 4.57. The van der Waals surface area contributed by atoms with Gasteiger partial charge in [-0.1, -0.05) is 6.92 Å². The summed E-state index contributed by atoms with van der Waals surface area (Å²) in [5.74, 6) is 0. The molecule has 0 aromatic rings. The van der Waals surface area contributed by atoms with Crippen molar-refractivity contribution in [2.24, 2.45) is 0 Å². The molecule has 1 unspecified atom stereocenters. The molecule has 0 rings (SSSR count). The molecular weight excluding hydrogens is 154 g/mol. The van der Waals surface area contributed by atoms with Crippen LogP contribution in [0.2, 0.25) is 0 Å². The lowest BCUT2D eigenvalue weighted by Gasteiger charge is -2.20. The minimum absolute atomic E-state index is 0.193. The Hall–Kier alpha value is -0.120. The molecule has 0 fully saturated rings. The Morgan fingerprint density at radius 2 is 2.08 bits per heavy atom. The smallest absolute Gasteiger partial charge is 0.0589 e. The van der Waals surface area contributed by atoms with Crippen LogP contribution in [0.3, 0.4) is 0 Å². The normalized spacial score (nSPS) is 13.8. The molecule has 0 saturated heterocycles. The van der Waals surface area contributed by atoms with E-state index in [1.807, 2.05) is 6.92 Å². The summed E-state index contributed by atoms with van der Waals surface area (Å²) in [7, 11) is 1.71. The summed E-state index contributed by atoms with van der Waals surface area (Å²) in [5.41, 5.74) is 0. The van der Waals surface area contributed by atoms with Gasteiger partial charge < -0.3 is 14.7 Å². The fraction of sp³-hybridized carbons (Fsp3) is 1.00. The maximum absolute atomic E-state index is 9.06. The highest BCUT2D eigenvalue weighted by Crippen LogP contribution is 1.95. The summed E-state index contributed by atoms with van der Waals surface area (Å²) in [4.78, 5) is 2.27. The molecule has 0 amide bonds. The third-order valence-electron chi connectivity index (χ3n) is 1.92. The second-order valence-corrected chi connectivity index (χ2v) is 3.06. The van der Waals surface area contributed by atoms with Crippen LogP contribution in [0.15, 0.2) is 0 Å². The van der Waals surface area contributed by atoms with Gasteiger partial charge in [0.25, 0.3) is 0 Å². The lowest BCUT2D eigenvalue weighted by atomic mass is 10.2. The highest BCUT2D eigenvalue weighted by atomic mass is 16.5. The zero-order chi connectivity index (χ0) is 9.40. The molecule has 12 heavy (non-hydrogen) atoms. The maximum atomic E-state index is 9.06. The van der Waals surface area contributed by atoms with Gasteiger partial charge in [0.05, 0.1) is 12.7 Å². The van der Waals surface area contributed by atoms with Crippen molar-refractivity contribution in [1.29, 1.82) is 0 Å². The van der Waals surface area contributed by atoms with Crippen LogP contribution in [0, 0.1) is 0 Å². The molecular formula is C9H21NO2. The molecule has 3 heteroatoms. The predicted octanol–water partition coefficient (Wildman–Crippen LogP) is 0.726. The van der Waals surface area contributed by atoms with Crippen LogP contribution >= 0.6 is 0 Å². The fourth-order valence-corrected chi connectivity index (χ4v) is 1.02. The molecule has 1 N–H and O–H groups in total. The average Bonchev–Trinajstić information content (AvgIpc) is 2.05. The Labute approximate surface area is 75.3 Å². The predicted molar refractivity (Wildman–Crippen MR) is 50.3 cm³/mol. The Morgan fingerprint density at radius 3 is 2.50 bits per heavy atom. The van der Waals surface area contributed by atoms with Gasteiger partial charge in [0.1, 0.15) is 0 Å². The van der Waals surface area contributed by atoms with Gasteiger partial charge in [0, 0.05) is 20.2 Å². The summed E-state index contributed by atoms with van der Waals surface area (Å²) < 4.78 is 4.98. The molecule has 0 aliphatic rings. The first-order valence-corrected chi connectivity index (χ1v) is 4.60. The van der Waals surface area contributed by atoms with E-state index < -0.39 is 0 Å². The van der Waals surface area contributed by atoms with Crippen LogP contribution in [0.5, 0.6) is 0 Å². The van der Waals surface area contributed by atoms with E-state index in [0.717, 1.165) is 32.7 Å². The second-order valence-electron chi connectivity index (χ2n) is 3.06. The third-order valence-corrected chi connectivity index (χ3v) is 1.92. The fourth-order valence-electron chi connectivity index (χ4n) is 1.02. The maximum Gasteiger partial charge on any atom is 0.0589 e. The zero-order valence-electron chi connectivity index (χ0n) is 8.42. The average molecular weight is 175 g/mol. The standard InChI is InChI=1S/C9H21NO2/c1-4-10(7-8-12-3)6-5-9(2)11/h9,11H,4-8H2,1-3H3. The largest absolute Gasteiger partial charge is 0.393 e. The molecule has 0 aromatic heterocycles. The quantitative estimate of drug-likeness (QED) is 0.619. The van der Waals surface area contributed by atoms with Crippen molar-refractivity contribution in [1.82, 2.24) is 4.90 Å². The monoisotopic (exact) mass is 175 g/mol. The Morgan fingerprint density at radius 1 is 1.42 bits per heavy atom. The molecule has 3 nitrogen and oxygen atoms in total. The van der Waals surface area contributed by atoms with Crippen LogP contribution in [0.25, 0.3) is 0 Å². The van der Waals surface area contributed by atoms with Crippen LogP contribution in [0.4, 0.5) is 0 Å². The van der Waals surface area contributed by atoms with Gasteiger partial charge in [0.2, 0.25) is 0 Å². The number of aliphatic hydroxyl groups excluding tert-OH is 1. The van der Waals surface area contributed by atoms with Gasteiger partial charge in [-0.3, -0.25) is 0 Å². The molecule has 0 radical (unpaired) electrons. The van der Waals surface area contributed by atoms with Crippen molar-refractivity contribution in [3.8, 4) is 0 Å². The lowest BCUT2D eigenvalue weighted by molar-refractivity contribution is 0.127. The molecule has 0 spiro atoms. The van der Waals surface area contributed by atoms with E-state index >= 15 is 0 Å². The number of likely N-dealkylation sites (N-methyl/N-ethyl adjacent to an activating group) is 1. The van der Waals surface area contributed by atoms with Gasteiger partial charge in [-0.05, 0) is 19.9 Å². The number of hydrogen-bond acceptors (Lipinski definition) is 3. The second kappa shape index (κ2) is 7.53. The number of nitrogens with zero attached hydrogens (tertiary/aromatic N) is 1. The summed E-state index contributed by atoms with van der Waals surface area (Å²) in [6, 6.07) is 0. The van der Waals surface area contributed by atoms with E-state index in [2.05, 4.69) is 11.8 Å². The van der Waals surface area contributed by atoms with E-state index in [1.54, 1.807) is 7.11 Å². The summed E-state index contributed by atoms with van der Waals surface area (Å²) >= 11 is 0. The number of aliphatic hydroxyl groups is 1. The van der Waals surface area contributed by atoms with Crippen LogP contribution in [-0.4, -0.2) is 49.5 Å². The van der Waals surface area contributed by atoms with Gasteiger partial charge >= 0.3 is 0 Å². The molecule has 0 heterocycles. The van der Waals surface area contributed by atoms with E-state index in [4.69, 9.17) is 9.84 Å². The minimum Gasteiger partial charge on any atom is -0.393 e. The number of hydrogen-bond donors (Lipinski definition) is 1. The van der Waals surface area contributed by atoms with Gasteiger partial charge in [0.15, 0.2) is 0 Å². The number of ether oxygens (including phenoxy) is 1. The van der Waals surface area contributed by atoms with Crippen molar-refractivity contribution in [2.45, 2.75) is 26.4 Å². The van der Waals surface area contributed by atoms with E-state index in [0.29, 0.717) is 0 Å². The molecule has 1 atom stereocenters. The molecule has 0 bridgehead atoms. The van der Waals surface area contributed by atoms with Gasteiger partial charge in [-0.2, -0.15) is 0 Å². The van der Waals surface area contributed by atoms with Crippen molar-refractivity contribution < 1.29 is 9.84 Å². The van der Waals surface area contributed by atoms with Crippen molar-refractivity contribution >= 4 is 0 Å². The van der Waals surface area contributed by atoms with Gasteiger partial charge in [-0.15, -0.1) is 0 Å². The summed E-state index contributed by atoms with van der Waals surface area (Å²) in [6.45, 7) is 7.66. The Bertz CT molecular complexity index is 96.5. The third kappa shape index (κ3) is 6.58. The lowest BCUT2D eigenvalue weighted by Crippen LogP contribution is -2.29. The SMILES string of the molecule is CCN(CCOC)CCC(C)O. The molecule has 0 aromatic carbocycles. The van der Waals surface area contributed by atoms with E-state index in [9.17, 15) is 0 Å². The number of rotatable bonds is 7. The van der Waals surface area contributed by atoms with Gasteiger partial charge in [-0.25, -0.2) is 0 Å². The topological polar surface area (TPSA) is 32.7 Å². The molecule has 74 valence electrons. The minimum atomic E-state index is -0.193. The summed E-state index contributed by atoms with van der Waals surface area (Å²) in [6.07, 6.45) is 0.652. The molecule has 0 aliphatic heterocycles. The zero-order valence-corrected chi connectivity index (χ0v) is 8.42. The highest BCUT2D eigenvalue weighted by Gasteiger charge is 2.03. The van der Waals surface area contributed by atoms with Crippen LogP contribution in [0.1, 0.15) is 20.3 Å². The van der Waals surface area contributed by atoms with Crippen LogP contribution in [-0.2, 0) is 4.74 Å². The summed E-state index contributed by atoms with van der Waals surface area (Å²) in [5, 5.41) is 9.06. The van der Waals surface area contributed by atoms with E-state index in [1.165, 1.54) is 0 Å². The number of methoxy groups -OCH3 is 1. The van der Waals surface area contributed by atoms with Crippen molar-refractivity contribution in [3.05, 3.63) is 0 Å². The molecule has 0 saturated carbocycles. The molecule has 0 aliphatic carbocycles. The first kappa shape index (κ1) is 11.9. The Balaban J connectivity index is 3.39. The van der Waals surface area contributed by atoms with Crippen molar-refractivity contribution in [3.63, 3.8) is 0 Å². The van der Waals surface area contributed by atoms with Crippen LogP contribution < -0.4 is 0 Å². The Kier molecular flexibility index (Phi) is 7.45. The first-order valence-electron chi connectivity index (χ1n) is 4.60. The van der Waals surface area contributed by atoms with E-state index in [-0.39, 0.29) is 6.10 Å². The van der Waals surface area contributed by atoms with Crippen molar-refractivity contribution in [2.75, 3.05) is 33.4 Å².